The van der Waals surface area contributed by atoms with Crippen LogP contribution in [0.2, 0.25) is 0 Å². The van der Waals surface area contributed by atoms with E-state index in [2.05, 4.69) is 19.1 Å². The minimum absolute atomic E-state index is 0.653. The topological polar surface area (TPSA) is 35.2 Å². The highest BCUT2D eigenvalue weighted by molar-refractivity contribution is 5.27. The summed E-state index contributed by atoms with van der Waals surface area (Å²) in [5.74, 6) is 0. The molecule has 0 aliphatic carbocycles. The first-order valence-electron chi connectivity index (χ1n) is 6.05. The zero-order valence-electron chi connectivity index (χ0n) is 10.4. The van der Waals surface area contributed by atoms with Gasteiger partial charge in [-0.1, -0.05) is 49.4 Å². The summed E-state index contributed by atoms with van der Waals surface area (Å²) in [7, 11) is 0. The molecule has 0 fully saturated rings. The molecule has 1 aromatic carbocycles. The molecule has 0 aliphatic heterocycles. The minimum atomic E-state index is 0.653. The lowest BCUT2D eigenvalue weighted by atomic mass is 10.1. The van der Waals surface area contributed by atoms with E-state index >= 15 is 0 Å². The summed E-state index contributed by atoms with van der Waals surface area (Å²) in [6.45, 7) is 3.56. The van der Waals surface area contributed by atoms with Crippen LogP contribution in [0.5, 0.6) is 0 Å². The molecular weight excluding hydrogens is 210 g/mol. The average molecular weight is 231 g/mol. The molecule has 0 heterocycles. The SMILES string of the molecule is CCCOC/C=C\C(=C/N)Cc1ccccc1. The monoisotopic (exact) mass is 231 g/mol. The lowest BCUT2D eigenvalue weighted by molar-refractivity contribution is 0.163. The quantitative estimate of drug-likeness (QED) is 0.578. The molecule has 0 bridgehead atoms. The van der Waals surface area contributed by atoms with E-state index < -0.39 is 0 Å². The highest BCUT2D eigenvalue weighted by atomic mass is 16.5. The molecular formula is C15H21NO. The molecule has 0 atom stereocenters. The third-order valence-corrected chi connectivity index (χ3v) is 2.36. The molecule has 0 aromatic heterocycles. The van der Waals surface area contributed by atoms with Gasteiger partial charge in [-0.25, -0.2) is 0 Å². The Balaban J connectivity index is 2.39. The fraction of sp³-hybridized carbons (Fsp3) is 0.333. The van der Waals surface area contributed by atoms with E-state index in [0.717, 1.165) is 25.0 Å². The standard InChI is InChI=1S/C15H21NO/c1-2-10-17-11-6-9-15(13-16)12-14-7-4-3-5-8-14/h3-9,13H,2,10-12,16H2,1H3/b9-6-,15-13+. The largest absolute Gasteiger partial charge is 0.404 e. The second-order valence-corrected chi connectivity index (χ2v) is 3.88. The number of nitrogens with two attached hydrogens (primary N) is 1. The Morgan fingerprint density at radius 2 is 2.06 bits per heavy atom. The van der Waals surface area contributed by atoms with E-state index in [1.165, 1.54) is 5.56 Å². The van der Waals surface area contributed by atoms with Crippen molar-refractivity contribution < 1.29 is 4.74 Å². The van der Waals surface area contributed by atoms with Gasteiger partial charge >= 0.3 is 0 Å². The Morgan fingerprint density at radius 1 is 1.29 bits per heavy atom. The van der Waals surface area contributed by atoms with Crippen LogP contribution in [0.1, 0.15) is 18.9 Å². The maximum atomic E-state index is 5.61. The van der Waals surface area contributed by atoms with Crippen molar-refractivity contribution in [1.29, 1.82) is 0 Å². The van der Waals surface area contributed by atoms with Crippen molar-refractivity contribution in [1.82, 2.24) is 0 Å². The third-order valence-electron chi connectivity index (χ3n) is 2.36. The van der Waals surface area contributed by atoms with Crippen LogP contribution >= 0.6 is 0 Å². The first kappa shape index (κ1) is 13.5. The Labute approximate surface area is 104 Å². The van der Waals surface area contributed by atoms with Gasteiger partial charge in [-0.05, 0) is 30.2 Å². The minimum Gasteiger partial charge on any atom is -0.404 e. The second kappa shape index (κ2) is 8.59. The third kappa shape index (κ3) is 5.93. The number of benzene rings is 1. The van der Waals surface area contributed by atoms with Gasteiger partial charge in [-0.15, -0.1) is 0 Å². The average Bonchev–Trinajstić information content (AvgIpc) is 2.38. The van der Waals surface area contributed by atoms with Crippen LogP contribution < -0.4 is 5.73 Å². The van der Waals surface area contributed by atoms with Crippen molar-refractivity contribution in [2.75, 3.05) is 13.2 Å². The Bertz CT molecular complexity index is 354. The van der Waals surface area contributed by atoms with Gasteiger partial charge in [0.1, 0.15) is 0 Å². The number of ether oxygens (including phenoxy) is 1. The van der Waals surface area contributed by atoms with Crippen LogP contribution in [0.15, 0.2) is 54.3 Å². The second-order valence-electron chi connectivity index (χ2n) is 3.88. The molecule has 0 saturated heterocycles. The highest BCUT2D eigenvalue weighted by Gasteiger charge is 1.94. The molecule has 0 saturated carbocycles. The van der Waals surface area contributed by atoms with E-state index in [-0.39, 0.29) is 0 Å². The van der Waals surface area contributed by atoms with Gasteiger partial charge < -0.3 is 10.5 Å². The smallest absolute Gasteiger partial charge is 0.0650 e. The number of allylic oxidation sites excluding steroid dienone is 2. The molecule has 2 heteroatoms. The fourth-order valence-electron chi connectivity index (χ4n) is 1.50. The Kier molecular flexibility index (Phi) is 6.84. The van der Waals surface area contributed by atoms with Crippen LogP contribution in [0.4, 0.5) is 0 Å². The van der Waals surface area contributed by atoms with Gasteiger partial charge in [0, 0.05) is 6.61 Å². The maximum absolute atomic E-state index is 5.61. The van der Waals surface area contributed by atoms with Crippen molar-refractivity contribution in [2.45, 2.75) is 19.8 Å². The van der Waals surface area contributed by atoms with Crippen LogP contribution in [0.3, 0.4) is 0 Å². The van der Waals surface area contributed by atoms with Crippen molar-refractivity contribution >= 4 is 0 Å². The molecule has 2 N–H and O–H groups in total. The zero-order valence-corrected chi connectivity index (χ0v) is 10.4. The summed E-state index contributed by atoms with van der Waals surface area (Å²) in [5.41, 5.74) is 7.98. The van der Waals surface area contributed by atoms with E-state index in [0.29, 0.717) is 6.61 Å². The normalized spacial score (nSPS) is 12.2. The lowest BCUT2D eigenvalue weighted by Crippen LogP contribution is -1.94. The Morgan fingerprint density at radius 3 is 2.71 bits per heavy atom. The number of rotatable bonds is 7. The van der Waals surface area contributed by atoms with Crippen molar-refractivity contribution in [2.24, 2.45) is 5.73 Å². The van der Waals surface area contributed by atoms with Gasteiger partial charge in [-0.3, -0.25) is 0 Å². The lowest BCUT2D eigenvalue weighted by Gasteiger charge is -2.02. The zero-order chi connectivity index (χ0) is 12.3. The summed E-state index contributed by atoms with van der Waals surface area (Å²) in [5, 5.41) is 0. The van der Waals surface area contributed by atoms with Crippen LogP contribution in [-0.2, 0) is 11.2 Å². The molecule has 0 unspecified atom stereocenters. The summed E-state index contributed by atoms with van der Waals surface area (Å²) < 4.78 is 5.37. The van der Waals surface area contributed by atoms with Crippen molar-refractivity contribution in [3.05, 3.63) is 59.8 Å². The summed E-state index contributed by atoms with van der Waals surface area (Å²) >= 11 is 0. The number of hydrogen-bond donors (Lipinski definition) is 1. The molecule has 0 aliphatic rings. The van der Waals surface area contributed by atoms with E-state index in [1.807, 2.05) is 30.4 Å². The maximum Gasteiger partial charge on any atom is 0.0650 e. The number of hydrogen-bond acceptors (Lipinski definition) is 2. The molecule has 1 rings (SSSR count). The Hall–Kier alpha value is -1.54. The molecule has 2 nitrogen and oxygen atoms in total. The molecule has 0 spiro atoms. The summed E-state index contributed by atoms with van der Waals surface area (Å²) in [6, 6.07) is 10.3. The van der Waals surface area contributed by atoms with Gasteiger partial charge in [0.2, 0.25) is 0 Å². The highest BCUT2D eigenvalue weighted by Crippen LogP contribution is 2.07. The molecule has 1 aromatic rings. The molecule has 0 amide bonds. The fourth-order valence-corrected chi connectivity index (χ4v) is 1.50. The van der Waals surface area contributed by atoms with Crippen LogP contribution in [0.25, 0.3) is 0 Å². The summed E-state index contributed by atoms with van der Waals surface area (Å²) in [4.78, 5) is 0. The van der Waals surface area contributed by atoms with Gasteiger partial charge in [0.15, 0.2) is 0 Å². The predicted octanol–water partition coefficient (Wildman–Crippen LogP) is 3.05. The molecule has 92 valence electrons. The van der Waals surface area contributed by atoms with Gasteiger partial charge in [-0.2, -0.15) is 0 Å². The van der Waals surface area contributed by atoms with Crippen LogP contribution in [0, 0.1) is 0 Å². The van der Waals surface area contributed by atoms with Gasteiger partial charge in [0.05, 0.1) is 6.61 Å². The van der Waals surface area contributed by atoms with Crippen molar-refractivity contribution in [3.8, 4) is 0 Å². The van der Waals surface area contributed by atoms with E-state index in [9.17, 15) is 0 Å². The van der Waals surface area contributed by atoms with E-state index in [1.54, 1.807) is 6.20 Å². The van der Waals surface area contributed by atoms with E-state index in [4.69, 9.17) is 10.5 Å². The molecule has 0 radical (unpaired) electrons. The summed E-state index contributed by atoms with van der Waals surface area (Å²) in [6.07, 6.45) is 7.61. The van der Waals surface area contributed by atoms with Crippen molar-refractivity contribution in [3.63, 3.8) is 0 Å². The molecule has 17 heavy (non-hydrogen) atoms. The first-order valence-corrected chi connectivity index (χ1v) is 6.05. The van der Waals surface area contributed by atoms with Gasteiger partial charge in [0.25, 0.3) is 0 Å². The van der Waals surface area contributed by atoms with Crippen LogP contribution in [-0.4, -0.2) is 13.2 Å². The first-order chi connectivity index (χ1) is 8.36. The predicted molar refractivity (Wildman–Crippen MR) is 72.7 cm³/mol.